The molecule has 1 amide bonds. The highest BCUT2D eigenvalue weighted by Gasteiger charge is 2.37. The van der Waals surface area contributed by atoms with E-state index in [1.165, 1.54) is 19.1 Å². The number of carbonyl (C=O) groups excluding carboxylic acids is 1. The van der Waals surface area contributed by atoms with E-state index in [9.17, 15) is 27.5 Å². The molecule has 30 heavy (non-hydrogen) atoms. The van der Waals surface area contributed by atoms with Crippen LogP contribution in [-0.2, 0) is 17.4 Å². The standard InChI is InChI=1S/C21H19F4N3O2/c1-12-7-13-5-6-28(18(13)9-17(12)22)11-20(2,30)19(29)27-15-4-3-14(10-26)16(8-15)21(23,24)25/h3-4,7-9,30H,5-6,11H2,1-2H3,(H,27,29). The largest absolute Gasteiger partial charge is 0.417 e. The van der Waals surface area contributed by atoms with Crippen molar-refractivity contribution in [2.45, 2.75) is 32.0 Å². The van der Waals surface area contributed by atoms with Crippen molar-refractivity contribution in [2.75, 3.05) is 23.3 Å². The number of benzene rings is 2. The van der Waals surface area contributed by atoms with Crippen molar-refractivity contribution in [2.24, 2.45) is 0 Å². The lowest BCUT2D eigenvalue weighted by Crippen LogP contribution is -2.49. The number of β-amino-alcohol motifs (C(OH)–C–C–N with tert-alkyl or cyclic N) is 1. The van der Waals surface area contributed by atoms with Gasteiger partial charge in [0.25, 0.3) is 5.91 Å². The third-order valence-corrected chi connectivity index (χ3v) is 5.04. The Bertz CT molecular complexity index is 1040. The molecular weight excluding hydrogens is 402 g/mol. The molecule has 2 aromatic carbocycles. The first-order chi connectivity index (χ1) is 13.9. The average molecular weight is 421 g/mol. The highest BCUT2D eigenvalue weighted by atomic mass is 19.4. The third kappa shape index (κ3) is 4.24. The Balaban J connectivity index is 1.78. The second kappa shape index (κ2) is 7.61. The Morgan fingerprint density at radius 1 is 1.30 bits per heavy atom. The Morgan fingerprint density at radius 2 is 2.00 bits per heavy atom. The van der Waals surface area contributed by atoms with Gasteiger partial charge >= 0.3 is 6.18 Å². The van der Waals surface area contributed by atoms with Crippen LogP contribution in [-0.4, -0.2) is 29.7 Å². The van der Waals surface area contributed by atoms with Crippen LogP contribution in [0.2, 0.25) is 0 Å². The second-order valence-electron chi connectivity index (χ2n) is 7.50. The number of halogens is 4. The molecule has 0 saturated carbocycles. The molecule has 0 bridgehead atoms. The van der Waals surface area contributed by atoms with Gasteiger partial charge in [-0.05, 0) is 55.7 Å². The number of anilines is 2. The third-order valence-electron chi connectivity index (χ3n) is 5.04. The first-order valence-electron chi connectivity index (χ1n) is 9.11. The molecule has 1 atom stereocenters. The Labute approximate surface area is 170 Å². The van der Waals surface area contributed by atoms with Crippen molar-refractivity contribution >= 4 is 17.3 Å². The number of hydrogen-bond acceptors (Lipinski definition) is 4. The van der Waals surface area contributed by atoms with E-state index in [-0.39, 0.29) is 12.2 Å². The number of aryl methyl sites for hydroxylation is 1. The molecule has 5 nitrogen and oxygen atoms in total. The van der Waals surface area contributed by atoms with Crippen LogP contribution in [0, 0.1) is 24.1 Å². The predicted octanol–water partition coefficient (Wildman–Crippen LogP) is 3.78. The van der Waals surface area contributed by atoms with Gasteiger partial charge in [0, 0.05) is 17.9 Å². The normalized spacial score (nSPS) is 15.3. The molecule has 0 fully saturated rings. The number of amides is 1. The molecule has 0 saturated heterocycles. The first-order valence-corrected chi connectivity index (χ1v) is 9.11. The smallest absolute Gasteiger partial charge is 0.378 e. The summed E-state index contributed by atoms with van der Waals surface area (Å²) in [6.45, 7) is 3.18. The fourth-order valence-electron chi connectivity index (χ4n) is 3.43. The van der Waals surface area contributed by atoms with Crippen LogP contribution in [0.3, 0.4) is 0 Å². The van der Waals surface area contributed by atoms with Gasteiger partial charge in [0.1, 0.15) is 5.82 Å². The zero-order valence-corrected chi connectivity index (χ0v) is 16.3. The summed E-state index contributed by atoms with van der Waals surface area (Å²) >= 11 is 0. The number of hydrogen-bond donors (Lipinski definition) is 2. The Hall–Kier alpha value is -3.12. The number of alkyl halides is 3. The van der Waals surface area contributed by atoms with E-state index in [0.717, 1.165) is 17.7 Å². The van der Waals surface area contributed by atoms with Crippen molar-refractivity contribution in [3.05, 3.63) is 58.4 Å². The van der Waals surface area contributed by atoms with Gasteiger partial charge in [-0.2, -0.15) is 18.4 Å². The maximum Gasteiger partial charge on any atom is 0.417 e. The lowest BCUT2D eigenvalue weighted by Gasteiger charge is -2.29. The van der Waals surface area contributed by atoms with Crippen LogP contribution in [0.1, 0.15) is 29.2 Å². The van der Waals surface area contributed by atoms with Crippen molar-refractivity contribution in [1.82, 2.24) is 0 Å². The number of aliphatic hydroxyl groups is 1. The Kier molecular flexibility index (Phi) is 5.48. The van der Waals surface area contributed by atoms with Gasteiger partial charge in [-0.3, -0.25) is 4.79 Å². The highest BCUT2D eigenvalue weighted by molar-refractivity contribution is 5.97. The average Bonchev–Trinajstić information content (AvgIpc) is 3.02. The van der Waals surface area contributed by atoms with Gasteiger partial charge in [0.05, 0.1) is 23.7 Å². The van der Waals surface area contributed by atoms with Gasteiger partial charge in [-0.15, -0.1) is 0 Å². The molecule has 9 heteroatoms. The SMILES string of the molecule is Cc1cc2c(cc1F)N(CC(C)(O)C(=O)Nc1ccc(C#N)c(C(F)(F)F)c1)CC2. The van der Waals surface area contributed by atoms with Crippen molar-refractivity contribution in [3.8, 4) is 6.07 Å². The van der Waals surface area contributed by atoms with Gasteiger partial charge in [0.15, 0.2) is 5.60 Å². The van der Waals surface area contributed by atoms with E-state index in [4.69, 9.17) is 5.26 Å². The van der Waals surface area contributed by atoms with Gasteiger partial charge in [-0.1, -0.05) is 6.07 Å². The molecule has 2 N–H and O–H groups in total. The van der Waals surface area contributed by atoms with Crippen LogP contribution >= 0.6 is 0 Å². The van der Waals surface area contributed by atoms with Gasteiger partial charge < -0.3 is 15.3 Å². The van der Waals surface area contributed by atoms with Gasteiger partial charge in [0.2, 0.25) is 0 Å². The van der Waals surface area contributed by atoms with E-state index in [0.29, 0.717) is 30.3 Å². The maximum atomic E-state index is 13.9. The quantitative estimate of drug-likeness (QED) is 0.737. The molecule has 3 rings (SSSR count). The van der Waals surface area contributed by atoms with Crippen molar-refractivity contribution in [1.29, 1.82) is 5.26 Å². The number of rotatable bonds is 4. The highest BCUT2D eigenvalue weighted by Crippen LogP contribution is 2.34. The zero-order valence-electron chi connectivity index (χ0n) is 16.3. The molecule has 1 heterocycles. The minimum absolute atomic E-state index is 0.170. The summed E-state index contributed by atoms with van der Waals surface area (Å²) in [7, 11) is 0. The summed E-state index contributed by atoms with van der Waals surface area (Å²) in [5.74, 6) is -1.32. The molecule has 158 valence electrons. The van der Waals surface area contributed by atoms with Crippen molar-refractivity contribution < 1.29 is 27.5 Å². The van der Waals surface area contributed by atoms with E-state index in [2.05, 4.69) is 5.32 Å². The molecular formula is C21H19F4N3O2. The number of nitrogens with one attached hydrogen (secondary N) is 1. The topological polar surface area (TPSA) is 76.4 Å². The van der Waals surface area contributed by atoms with E-state index >= 15 is 0 Å². The minimum Gasteiger partial charge on any atom is -0.378 e. The van der Waals surface area contributed by atoms with Gasteiger partial charge in [-0.25, -0.2) is 4.39 Å². The first kappa shape index (κ1) is 21.6. The molecule has 0 aromatic heterocycles. The summed E-state index contributed by atoms with van der Waals surface area (Å²) in [4.78, 5) is 14.2. The summed E-state index contributed by atoms with van der Waals surface area (Å²) in [6.07, 6.45) is -4.14. The van der Waals surface area contributed by atoms with E-state index in [1.54, 1.807) is 17.9 Å². The molecule has 0 spiro atoms. The molecule has 1 aliphatic heterocycles. The number of carbonyl (C=O) groups is 1. The number of fused-ring (bicyclic) bond motifs is 1. The van der Waals surface area contributed by atoms with Crippen LogP contribution in [0.4, 0.5) is 28.9 Å². The molecule has 2 aromatic rings. The molecule has 1 aliphatic rings. The number of nitriles is 1. The fourth-order valence-corrected chi connectivity index (χ4v) is 3.43. The maximum absolute atomic E-state index is 13.9. The molecule has 1 unspecified atom stereocenters. The zero-order chi connectivity index (χ0) is 22.3. The summed E-state index contributed by atoms with van der Waals surface area (Å²) in [6, 6.07) is 7.29. The summed E-state index contributed by atoms with van der Waals surface area (Å²) < 4.78 is 53.3. The lowest BCUT2D eigenvalue weighted by atomic mass is 10.0. The van der Waals surface area contributed by atoms with E-state index < -0.39 is 34.6 Å². The summed E-state index contributed by atoms with van der Waals surface area (Å²) in [5.41, 5.74) is -1.94. The lowest BCUT2D eigenvalue weighted by molar-refractivity contribution is -0.138. The fraction of sp³-hybridized carbons (Fsp3) is 0.333. The second-order valence-corrected chi connectivity index (χ2v) is 7.50. The Morgan fingerprint density at radius 3 is 2.63 bits per heavy atom. The van der Waals surface area contributed by atoms with Crippen LogP contribution in [0.5, 0.6) is 0 Å². The van der Waals surface area contributed by atoms with Crippen LogP contribution in [0.25, 0.3) is 0 Å². The minimum atomic E-state index is -4.77. The predicted molar refractivity (Wildman–Crippen MR) is 102 cm³/mol. The summed E-state index contributed by atoms with van der Waals surface area (Å²) in [5, 5.41) is 21.8. The van der Waals surface area contributed by atoms with Crippen molar-refractivity contribution in [3.63, 3.8) is 0 Å². The van der Waals surface area contributed by atoms with E-state index in [1.807, 2.05) is 0 Å². The van der Waals surface area contributed by atoms with Crippen LogP contribution in [0.15, 0.2) is 30.3 Å². The number of nitrogens with zero attached hydrogens (tertiary/aromatic N) is 2. The van der Waals surface area contributed by atoms with Crippen LogP contribution < -0.4 is 10.2 Å². The molecule has 0 radical (unpaired) electrons. The monoisotopic (exact) mass is 421 g/mol. The molecule has 0 aliphatic carbocycles.